The van der Waals surface area contributed by atoms with Crippen molar-refractivity contribution in [2.75, 3.05) is 13.2 Å². The molecular weight excluding hydrogens is 292 g/mol. The molecule has 3 rings (SSSR count). The fourth-order valence-electron chi connectivity index (χ4n) is 2.76. The van der Waals surface area contributed by atoms with Crippen molar-refractivity contribution in [3.05, 3.63) is 48.3 Å². The predicted molar refractivity (Wildman–Crippen MR) is 87.1 cm³/mol. The average Bonchev–Trinajstić information content (AvgIpc) is 3.06. The third-order valence-electron chi connectivity index (χ3n) is 3.92. The largest absolute Gasteiger partial charge is 0.493 e. The van der Waals surface area contributed by atoms with Crippen molar-refractivity contribution >= 4 is 5.91 Å². The zero-order valence-electron chi connectivity index (χ0n) is 13.2. The summed E-state index contributed by atoms with van der Waals surface area (Å²) in [5, 5.41) is 10.5. The van der Waals surface area contributed by atoms with Crippen LogP contribution in [0.1, 0.15) is 24.9 Å². The molecule has 0 fully saturated rings. The molecule has 1 aliphatic heterocycles. The van der Waals surface area contributed by atoms with Crippen molar-refractivity contribution in [2.24, 2.45) is 0 Å². The van der Waals surface area contributed by atoms with Gasteiger partial charge >= 0.3 is 0 Å². The number of amides is 1. The number of carbonyl (C=O) groups is 1. The molecule has 1 amide bonds. The van der Waals surface area contributed by atoms with Crippen LogP contribution in [0.5, 0.6) is 5.75 Å². The van der Waals surface area contributed by atoms with Gasteiger partial charge in [-0.2, -0.15) is 5.10 Å². The number of nitrogens with one attached hydrogen (secondary N) is 2. The molecule has 122 valence electrons. The number of hydrogen-bond acceptors (Lipinski definition) is 4. The molecule has 2 heterocycles. The van der Waals surface area contributed by atoms with Crippen molar-refractivity contribution in [3.63, 3.8) is 0 Å². The zero-order chi connectivity index (χ0) is 16.1. The molecule has 2 aromatic rings. The van der Waals surface area contributed by atoms with E-state index in [-0.39, 0.29) is 18.0 Å². The van der Waals surface area contributed by atoms with Crippen LogP contribution in [0, 0.1) is 0 Å². The van der Waals surface area contributed by atoms with Crippen molar-refractivity contribution < 1.29 is 9.53 Å². The van der Waals surface area contributed by atoms with E-state index in [1.807, 2.05) is 48.1 Å². The predicted octanol–water partition coefficient (Wildman–Crippen LogP) is 1.50. The Kier molecular flexibility index (Phi) is 4.92. The van der Waals surface area contributed by atoms with Crippen LogP contribution in [0.4, 0.5) is 0 Å². The first-order valence-corrected chi connectivity index (χ1v) is 7.94. The molecule has 2 N–H and O–H groups in total. The Labute approximate surface area is 135 Å². The first-order valence-electron chi connectivity index (χ1n) is 7.94. The summed E-state index contributed by atoms with van der Waals surface area (Å²) in [6, 6.07) is 9.95. The molecule has 23 heavy (non-hydrogen) atoms. The number of fused-ring (bicyclic) bond motifs is 1. The Hall–Kier alpha value is -2.34. The molecular formula is C17H22N4O2. The molecule has 0 radical (unpaired) electrons. The van der Waals surface area contributed by atoms with Gasteiger partial charge in [0.1, 0.15) is 5.75 Å². The van der Waals surface area contributed by atoms with E-state index in [0.29, 0.717) is 13.2 Å². The highest BCUT2D eigenvalue weighted by atomic mass is 16.5. The smallest absolute Gasteiger partial charge is 0.234 e. The normalized spacial score (nSPS) is 17.9. The molecule has 6 nitrogen and oxygen atoms in total. The summed E-state index contributed by atoms with van der Waals surface area (Å²) >= 11 is 0. The lowest BCUT2D eigenvalue weighted by Gasteiger charge is -2.27. The Morgan fingerprint density at radius 3 is 3.13 bits per heavy atom. The van der Waals surface area contributed by atoms with Gasteiger partial charge in [-0.15, -0.1) is 0 Å². The number of rotatable bonds is 6. The van der Waals surface area contributed by atoms with E-state index in [0.717, 1.165) is 24.3 Å². The van der Waals surface area contributed by atoms with Crippen LogP contribution < -0.4 is 15.4 Å². The molecule has 1 aliphatic rings. The molecule has 1 aromatic carbocycles. The second-order valence-electron chi connectivity index (χ2n) is 5.81. The molecule has 2 atom stereocenters. The number of ether oxygens (including phenoxy) is 1. The fraction of sp³-hybridized carbons (Fsp3) is 0.412. The van der Waals surface area contributed by atoms with Crippen LogP contribution in [0.2, 0.25) is 0 Å². The lowest BCUT2D eigenvalue weighted by atomic mass is 10.0. The number of benzene rings is 1. The molecule has 6 heteroatoms. The minimum atomic E-state index is -0.000909. The number of carbonyl (C=O) groups excluding carboxylic acids is 1. The molecule has 1 aromatic heterocycles. The van der Waals surface area contributed by atoms with Gasteiger partial charge in [-0.1, -0.05) is 18.2 Å². The summed E-state index contributed by atoms with van der Waals surface area (Å²) in [4.78, 5) is 12.2. The summed E-state index contributed by atoms with van der Waals surface area (Å²) in [6.07, 6.45) is 4.46. The van der Waals surface area contributed by atoms with Crippen LogP contribution in [0.3, 0.4) is 0 Å². The van der Waals surface area contributed by atoms with Crippen LogP contribution in [-0.4, -0.2) is 34.9 Å². The Morgan fingerprint density at radius 2 is 2.30 bits per heavy atom. The molecule has 0 bridgehead atoms. The number of para-hydroxylation sites is 1. The maximum Gasteiger partial charge on any atom is 0.234 e. The maximum absolute atomic E-state index is 12.2. The van der Waals surface area contributed by atoms with E-state index in [1.54, 1.807) is 6.20 Å². The topological polar surface area (TPSA) is 68.2 Å². The summed E-state index contributed by atoms with van der Waals surface area (Å²) in [6.45, 7) is 3.70. The van der Waals surface area contributed by atoms with Crippen LogP contribution in [-0.2, 0) is 11.3 Å². The van der Waals surface area contributed by atoms with Crippen molar-refractivity contribution in [2.45, 2.75) is 32.0 Å². The lowest BCUT2D eigenvalue weighted by Crippen LogP contribution is -2.41. The number of hydrogen-bond donors (Lipinski definition) is 2. The van der Waals surface area contributed by atoms with E-state index in [1.165, 1.54) is 0 Å². The van der Waals surface area contributed by atoms with Gasteiger partial charge in [0.05, 0.1) is 25.7 Å². The Morgan fingerprint density at radius 1 is 1.43 bits per heavy atom. The lowest BCUT2D eigenvalue weighted by molar-refractivity contribution is -0.121. The van der Waals surface area contributed by atoms with Gasteiger partial charge in [-0.25, -0.2) is 0 Å². The molecule has 0 aliphatic carbocycles. The minimum absolute atomic E-state index is 0.000909. The van der Waals surface area contributed by atoms with Gasteiger partial charge in [0, 0.05) is 30.4 Å². The Balaban J connectivity index is 1.48. The molecule has 0 saturated carbocycles. The first-order chi connectivity index (χ1) is 11.2. The summed E-state index contributed by atoms with van der Waals surface area (Å²) < 4.78 is 7.47. The second kappa shape index (κ2) is 7.28. The van der Waals surface area contributed by atoms with E-state index >= 15 is 0 Å². The quantitative estimate of drug-likeness (QED) is 0.848. The van der Waals surface area contributed by atoms with Gasteiger partial charge in [-0.05, 0) is 19.1 Å². The van der Waals surface area contributed by atoms with Crippen molar-refractivity contribution in [1.82, 2.24) is 20.4 Å². The van der Waals surface area contributed by atoms with Gasteiger partial charge in [0.15, 0.2) is 0 Å². The van der Waals surface area contributed by atoms with E-state index in [2.05, 4.69) is 15.7 Å². The second-order valence-corrected chi connectivity index (χ2v) is 5.81. The van der Waals surface area contributed by atoms with E-state index in [9.17, 15) is 4.79 Å². The first kappa shape index (κ1) is 15.6. The highest BCUT2D eigenvalue weighted by molar-refractivity contribution is 5.78. The average molecular weight is 314 g/mol. The van der Waals surface area contributed by atoms with Gasteiger partial charge in [0.25, 0.3) is 0 Å². The Bertz CT molecular complexity index is 642. The summed E-state index contributed by atoms with van der Waals surface area (Å²) in [5.74, 6) is 0.864. The monoisotopic (exact) mass is 314 g/mol. The third-order valence-corrected chi connectivity index (χ3v) is 3.92. The minimum Gasteiger partial charge on any atom is -0.493 e. The fourth-order valence-corrected chi connectivity index (χ4v) is 2.76. The van der Waals surface area contributed by atoms with Crippen molar-refractivity contribution in [1.29, 1.82) is 0 Å². The molecule has 0 saturated heterocycles. The van der Waals surface area contributed by atoms with Crippen LogP contribution >= 0.6 is 0 Å². The molecule has 0 unspecified atom stereocenters. The van der Waals surface area contributed by atoms with Gasteiger partial charge in [-0.3, -0.25) is 9.48 Å². The standard InChI is InChI=1S/C17H22N4O2/c1-13(12-21-9-4-8-19-21)18-11-17(22)20-15-7-10-23-16-6-3-2-5-14(15)16/h2-6,8-9,13,15,18H,7,10-12H2,1H3,(H,20,22)/t13-,15+/m1/s1. The highest BCUT2D eigenvalue weighted by Crippen LogP contribution is 2.31. The highest BCUT2D eigenvalue weighted by Gasteiger charge is 2.22. The third kappa shape index (κ3) is 4.10. The number of nitrogens with zero attached hydrogens (tertiary/aromatic N) is 2. The zero-order valence-corrected chi connectivity index (χ0v) is 13.2. The maximum atomic E-state index is 12.2. The van der Waals surface area contributed by atoms with Gasteiger partial charge in [0.2, 0.25) is 5.91 Å². The van der Waals surface area contributed by atoms with Crippen LogP contribution in [0.15, 0.2) is 42.7 Å². The SMILES string of the molecule is C[C@H](Cn1cccn1)NCC(=O)N[C@H]1CCOc2ccccc21. The van der Waals surface area contributed by atoms with Gasteiger partial charge < -0.3 is 15.4 Å². The van der Waals surface area contributed by atoms with Crippen molar-refractivity contribution in [3.8, 4) is 5.75 Å². The van der Waals surface area contributed by atoms with E-state index < -0.39 is 0 Å². The summed E-state index contributed by atoms with van der Waals surface area (Å²) in [5.41, 5.74) is 1.05. The summed E-state index contributed by atoms with van der Waals surface area (Å²) in [7, 11) is 0. The van der Waals surface area contributed by atoms with E-state index in [4.69, 9.17) is 4.74 Å². The number of aromatic nitrogens is 2. The molecule has 0 spiro atoms. The van der Waals surface area contributed by atoms with Crippen LogP contribution in [0.25, 0.3) is 0 Å².